The standard InChI is InChI=1S/C12H15N3O3.ClH/c13-7-11(8-1-2-8)14-12(16)9-3-5-10(6-4-9)15(17)18;/h3-6,8,11H,1-2,7,13H2,(H,14,16);1H. The van der Waals surface area contributed by atoms with Crippen molar-refractivity contribution in [1.29, 1.82) is 0 Å². The van der Waals surface area contributed by atoms with Crippen LogP contribution in [0.1, 0.15) is 23.2 Å². The molecule has 1 aliphatic rings. The molecule has 0 aromatic heterocycles. The molecular weight excluding hydrogens is 270 g/mol. The Morgan fingerprint density at radius 3 is 2.42 bits per heavy atom. The molecule has 2 rings (SSSR count). The van der Waals surface area contributed by atoms with Crippen LogP contribution in [0.4, 0.5) is 5.69 Å². The molecule has 0 bridgehead atoms. The van der Waals surface area contributed by atoms with Crippen LogP contribution in [-0.2, 0) is 0 Å². The topological polar surface area (TPSA) is 98.3 Å². The monoisotopic (exact) mass is 285 g/mol. The number of nitrogens with two attached hydrogens (primary N) is 1. The highest BCUT2D eigenvalue weighted by Gasteiger charge is 2.31. The van der Waals surface area contributed by atoms with Gasteiger partial charge in [0.05, 0.1) is 4.92 Å². The van der Waals surface area contributed by atoms with Crippen LogP contribution in [0.3, 0.4) is 0 Å². The van der Waals surface area contributed by atoms with Crippen molar-refractivity contribution in [2.75, 3.05) is 6.54 Å². The van der Waals surface area contributed by atoms with Crippen LogP contribution in [0, 0.1) is 16.0 Å². The van der Waals surface area contributed by atoms with Gasteiger partial charge in [-0.2, -0.15) is 0 Å². The Kier molecular flexibility index (Phi) is 5.26. The lowest BCUT2D eigenvalue weighted by Gasteiger charge is -2.15. The predicted molar refractivity (Wildman–Crippen MR) is 73.4 cm³/mol. The van der Waals surface area contributed by atoms with Crippen molar-refractivity contribution in [3.63, 3.8) is 0 Å². The van der Waals surface area contributed by atoms with Crippen LogP contribution in [0.25, 0.3) is 0 Å². The van der Waals surface area contributed by atoms with E-state index in [1.54, 1.807) is 0 Å². The molecule has 19 heavy (non-hydrogen) atoms. The number of hydrogen-bond acceptors (Lipinski definition) is 4. The fourth-order valence-electron chi connectivity index (χ4n) is 1.85. The van der Waals surface area contributed by atoms with E-state index < -0.39 is 4.92 Å². The summed E-state index contributed by atoms with van der Waals surface area (Å²) in [5.41, 5.74) is 5.99. The number of nitrogens with zero attached hydrogens (tertiary/aromatic N) is 1. The molecule has 3 N–H and O–H groups in total. The second-order valence-corrected chi connectivity index (χ2v) is 4.46. The average Bonchev–Trinajstić information content (AvgIpc) is 3.20. The van der Waals surface area contributed by atoms with Gasteiger partial charge in [0.15, 0.2) is 0 Å². The highest BCUT2D eigenvalue weighted by molar-refractivity contribution is 5.94. The number of carbonyl (C=O) groups excluding carboxylic acids is 1. The van der Waals surface area contributed by atoms with Crippen LogP contribution >= 0.6 is 12.4 Å². The van der Waals surface area contributed by atoms with E-state index in [9.17, 15) is 14.9 Å². The molecule has 104 valence electrons. The highest BCUT2D eigenvalue weighted by Crippen LogP contribution is 2.32. The van der Waals surface area contributed by atoms with Gasteiger partial charge in [0.1, 0.15) is 0 Å². The van der Waals surface area contributed by atoms with Gasteiger partial charge in [0, 0.05) is 30.3 Å². The summed E-state index contributed by atoms with van der Waals surface area (Å²) >= 11 is 0. The number of carbonyl (C=O) groups is 1. The largest absolute Gasteiger partial charge is 0.348 e. The van der Waals surface area contributed by atoms with Crippen molar-refractivity contribution < 1.29 is 9.72 Å². The maximum Gasteiger partial charge on any atom is 0.269 e. The summed E-state index contributed by atoms with van der Waals surface area (Å²) in [5, 5.41) is 13.4. The first-order valence-corrected chi connectivity index (χ1v) is 5.87. The molecule has 0 saturated heterocycles. The predicted octanol–water partition coefficient (Wildman–Crippen LogP) is 1.48. The number of nitrogens with one attached hydrogen (secondary N) is 1. The number of benzene rings is 1. The van der Waals surface area contributed by atoms with Gasteiger partial charge in [0.2, 0.25) is 0 Å². The van der Waals surface area contributed by atoms with Crippen LogP contribution < -0.4 is 11.1 Å². The Balaban J connectivity index is 0.00000180. The molecule has 0 heterocycles. The Bertz CT molecular complexity index is 460. The average molecular weight is 286 g/mol. The number of amides is 1. The van der Waals surface area contributed by atoms with Crippen molar-refractivity contribution >= 4 is 24.0 Å². The third-order valence-corrected chi connectivity index (χ3v) is 3.10. The molecule has 1 saturated carbocycles. The number of rotatable bonds is 5. The van der Waals surface area contributed by atoms with Crippen molar-refractivity contribution in [3.05, 3.63) is 39.9 Å². The van der Waals surface area contributed by atoms with E-state index in [-0.39, 0.29) is 30.0 Å². The molecule has 1 amide bonds. The van der Waals surface area contributed by atoms with E-state index in [4.69, 9.17) is 5.73 Å². The van der Waals surface area contributed by atoms with Crippen LogP contribution in [-0.4, -0.2) is 23.4 Å². The number of halogens is 1. The van der Waals surface area contributed by atoms with E-state index in [1.807, 2.05) is 0 Å². The summed E-state index contributed by atoms with van der Waals surface area (Å²) in [6, 6.07) is 5.56. The smallest absolute Gasteiger partial charge is 0.269 e. The Morgan fingerprint density at radius 2 is 2.00 bits per heavy atom. The number of non-ortho nitro benzene ring substituents is 1. The summed E-state index contributed by atoms with van der Waals surface area (Å²) < 4.78 is 0. The van der Waals surface area contributed by atoms with E-state index in [2.05, 4.69) is 5.32 Å². The lowest BCUT2D eigenvalue weighted by molar-refractivity contribution is -0.384. The van der Waals surface area contributed by atoms with Crippen molar-refractivity contribution in [3.8, 4) is 0 Å². The third kappa shape index (κ3) is 3.90. The molecule has 1 aromatic rings. The van der Waals surface area contributed by atoms with Crippen LogP contribution in [0.15, 0.2) is 24.3 Å². The van der Waals surface area contributed by atoms with Gasteiger partial charge < -0.3 is 11.1 Å². The summed E-state index contributed by atoms with van der Waals surface area (Å²) in [5.74, 6) is 0.254. The van der Waals surface area contributed by atoms with Crippen molar-refractivity contribution in [2.24, 2.45) is 11.7 Å². The van der Waals surface area contributed by atoms with E-state index in [0.29, 0.717) is 18.0 Å². The Labute approximate surface area is 116 Å². The molecule has 1 unspecified atom stereocenters. The molecule has 0 aliphatic heterocycles. The summed E-state index contributed by atoms with van der Waals surface area (Å²) in [7, 11) is 0. The second kappa shape index (κ2) is 6.49. The fourth-order valence-corrected chi connectivity index (χ4v) is 1.85. The van der Waals surface area contributed by atoms with Crippen molar-refractivity contribution in [1.82, 2.24) is 5.32 Å². The Hall–Kier alpha value is -1.66. The van der Waals surface area contributed by atoms with E-state index in [0.717, 1.165) is 12.8 Å². The number of hydrogen-bond donors (Lipinski definition) is 2. The zero-order chi connectivity index (χ0) is 13.1. The third-order valence-electron chi connectivity index (χ3n) is 3.10. The SMILES string of the molecule is Cl.NCC(NC(=O)c1ccc([N+](=O)[O-])cc1)C1CC1. The second-order valence-electron chi connectivity index (χ2n) is 4.46. The van der Waals surface area contributed by atoms with E-state index >= 15 is 0 Å². The molecule has 1 fully saturated rings. The fraction of sp³-hybridized carbons (Fsp3) is 0.417. The maximum atomic E-state index is 11.9. The maximum absolute atomic E-state index is 11.9. The first-order valence-electron chi connectivity index (χ1n) is 5.87. The van der Waals surface area contributed by atoms with Crippen molar-refractivity contribution in [2.45, 2.75) is 18.9 Å². The molecule has 1 aliphatic carbocycles. The quantitative estimate of drug-likeness (QED) is 0.632. The van der Waals surface area contributed by atoms with Gasteiger partial charge in [-0.1, -0.05) is 0 Å². The van der Waals surface area contributed by atoms with E-state index in [1.165, 1.54) is 24.3 Å². The first-order chi connectivity index (χ1) is 8.61. The molecule has 0 spiro atoms. The van der Waals surface area contributed by atoms with Gasteiger partial charge in [-0.15, -0.1) is 12.4 Å². The highest BCUT2D eigenvalue weighted by atomic mass is 35.5. The molecule has 6 nitrogen and oxygen atoms in total. The molecular formula is C12H16ClN3O3. The molecule has 0 radical (unpaired) electrons. The van der Waals surface area contributed by atoms with Gasteiger partial charge in [0.25, 0.3) is 11.6 Å². The minimum absolute atomic E-state index is 0. The minimum atomic E-state index is -0.491. The summed E-state index contributed by atoms with van der Waals surface area (Å²) in [4.78, 5) is 21.9. The molecule has 1 atom stereocenters. The minimum Gasteiger partial charge on any atom is -0.348 e. The van der Waals surface area contributed by atoms with Gasteiger partial charge in [-0.3, -0.25) is 14.9 Å². The molecule has 1 aromatic carbocycles. The van der Waals surface area contributed by atoms with Crippen LogP contribution in [0.5, 0.6) is 0 Å². The zero-order valence-corrected chi connectivity index (χ0v) is 11.1. The van der Waals surface area contributed by atoms with Crippen LogP contribution in [0.2, 0.25) is 0 Å². The summed E-state index contributed by atoms with van der Waals surface area (Å²) in [6.07, 6.45) is 2.20. The van der Waals surface area contributed by atoms with Gasteiger partial charge >= 0.3 is 0 Å². The van der Waals surface area contributed by atoms with Gasteiger partial charge in [-0.25, -0.2) is 0 Å². The first kappa shape index (κ1) is 15.4. The number of nitro benzene ring substituents is 1. The molecule has 7 heteroatoms. The summed E-state index contributed by atoms with van der Waals surface area (Å²) in [6.45, 7) is 0.420. The zero-order valence-electron chi connectivity index (χ0n) is 10.2. The normalized spacial score (nSPS) is 15.2. The van der Waals surface area contributed by atoms with Gasteiger partial charge in [-0.05, 0) is 30.9 Å². The number of nitro groups is 1. The Morgan fingerprint density at radius 1 is 1.42 bits per heavy atom. The lowest BCUT2D eigenvalue weighted by Crippen LogP contribution is -2.41. The lowest BCUT2D eigenvalue weighted by atomic mass is 10.1.